The number of rotatable bonds is 5. The van der Waals surface area contributed by atoms with E-state index in [4.69, 9.17) is 24.5 Å². The number of esters is 1. The lowest BCUT2D eigenvalue weighted by atomic mass is 9.97. The molecule has 1 aliphatic rings. The van der Waals surface area contributed by atoms with Gasteiger partial charge in [0.05, 0.1) is 12.5 Å². The lowest BCUT2D eigenvalue weighted by Crippen LogP contribution is -2.40. The van der Waals surface area contributed by atoms with Crippen LogP contribution in [0.15, 0.2) is 35.9 Å². The summed E-state index contributed by atoms with van der Waals surface area (Å²) in [6.45, 7) is 7.30. The molecule has 1 aliphatic heterocycles. The SMILES string of the molecule is CCOC(=O)C1CCCN(C/C(C)=C/c2ccccc2)C1.O=C(O)C(=O)O. The molecule has 2 N–H and O–H groups in total. The van der Waals surface area contributed by atoms with Gasteiger partial charge in [-0.05, 0) is 38.8 Å². The van der Waals surface area contributed by atoms with Gasteiger partial charge >= 0.3 is 17.9 Å². The lowest BCUT2D eigenvalue weighted by molar-refractivity contribution is -0.159. The average molecular weight is 377 g/mol. The molecular formula is C20H27NO6. The molecule has 1 saturated heterocycles. The average Bonchev–Trinajstić information content (AvgIpc) is 2.63. The fourth-order valence-electron chi connectivity index (χ4n) is 2.88. The van der Waals surface area contributed by atoms with Crippen LogP contribution in [0, 0.1) is 5.92 Å². The van der Waals surface area contributed by atoms with Gasteiger partial charge in [-0.3, -0.25) is 9.69 Å². The van der Waals surface area contributed by atoms with Gasteiger partial charge in [-0.15, -0.1) is 0 Å². The maximum atomic E-state index is 11.9. The van der Waals surface area contributed by atoms with Crippen LogP contribution in [0.4, 0.5) is 0 Å². The van der Waals surface area contributed by atoms with E-state index in [0.29, 0.717) is 6.61 Å². The van der Waals surface area contributed by atoms with Crippen LogP contribution in [0.1, 0.15) is 32.3 Å². The number of nitrogens with zero attached hydrogens (tertiary/aromatic N) is 1. The van der Waals surface area contributed by atoms with E-state index >= 15 is 0 Å². The minimum absolute atomic E-state index is 0.0353. The van der Waals surface area contributed by atoms with E-state index in [1.54, 1.807) is 0 Å². The van der Waals surface area contributed by atoms with Gasteiger partial charge in [0.2, 0.25) is 0 Å². The van der Waals surface area contributed by atoms with Crippen LogP contribution in [0.25, 0.3) is 6.08 Å². The van der Waals surface area contributed by atoms with Crippen molar-refractivity contribution in [2.45, 2.75) is 26.7 Å². The second kappa shape index (κ2) is 11.9. The molecule has 0 aliphatic carbocycles. The second-order valence-corrected chi connectivity index (χ2v) is 6.34. The molecule has 0 radical (unpaired) electrons. The standard InChI is InChI=1S/C18H25NO2.C2H2O4/c1-3-21-18(20)17-10-7-11-19(14-17)13-15(2)12-16-8-5-4-6-9-16;3-1(4)2(5)6/h4-6,8-9,12,17H,3,7,10-11,13-14H2,1-2H3;(H,3,4)(H,5,6)/b15-12+;. The zero-order chi connectivity index (χ0) is 20.2. The van der Waals surface area contributed by atoms with Crippen molar-refractivity contribution in [2.24, 2.45) is 5.92 Å². The van der Waals surface area contributed by atoms with Crippen LogP contribution < -0.4 is 0 Å². The molecule has 0 aromatic heterocycles. The monoisotopic (exact) mass is 377 g/mol. The number of likely N-dealkylation sites (tertiary alicyclic amines) is 1. The number of ether oxygens (including phenoxy) is 1. The normalized spacial score (nSPS) is 17.4. The van der Waals surface area contributed by atoms with Gasteiger partial charge in [0.15, 0.2) is 0 Å². The van der Waals surface area contributed by atoms with Gasteiger partial charge < -0.3 is 14.9 Å². The molecule has 1 aromatic rings. The maximum absolute atomic E-state index is 11.9. The van der Waals surface area contributed by atoms with Gasteiger partial charge in [0.1, 0.15) is 0 Å². The molecule has 0 spiro atoms. The number of carbonyl (C=O) groups excluding carboxylic acids is 1. The van der Waals surface area contributed by atoms with Gasteiger partial charge in [-0.1, -0.05) is 42.0 Å². The van der Waals surface area contributed by atoms with Gasteiger partial charge in [0, 0.05) is 13.1 Å². The van der Waals surface area contributed by atoms with Crippen molar-refractivity contribution in [1.82, 2.24) is 4.90 Å². The zero-order valence-electron chi connectivity index (χ0n) is 15.8. The van der Waals surface area contributed by atoms with Crippen molar-refractivity contribution in [3.05, 3.63) is 41.5 Å². The molecule has 1 heterocycles. The predicted octanol–water partition coefficient (Wildman–Crippen LogP) is 2.52. The largest absolute Gasteiger partial charge is 0.473 e. The minimum atomic E-state index is -1.82. The molecule has 148 valence electrons. The number of benzene rings is 1. The summed E-state index contributed by atoms with van der Waals surface area (Å²) >= 11 is 0. The quantitative estimate of drug-likeness (QED) is 0.600. The molecule has 0 amide bonds. The van der Waals surface area contributed by atoms with Crippen molar-refractivity contribution >= 4 is 24.0 Å². The van der Waals surface area contributed by atoms with Crippen molar-refractivity contribution in [3.63, 3.8) is 0 Å². The molecule has 27 heavy (non-hydrogen) atoms. The molecular weight excluding hydrogens is 350 g/mol. The Kier molecular flexibility index (Phi) is 9.82. The molecule has 1 fully saturated rings. The Labute approximate surface area is 159 Å². The Hall–Kier alpha value is -2.67. The number of carboxylic acids is 2. The first kappa shape index (κ1) is 22.4. The summed E-state index contributed by atoms with van der Waals surface area (Å²) in [6, 6.07) is 10.4. The Balaban J connectivity index is 0.000000527. The number of piperidine rings is 1. The summed E-state index contributed by atoms with van der Waals surface area (Å²) in [6.07, 6.45) is 4.24. The highest BCUT2D eigenvalue weighted by Crippen LogP contribution is 2.19. The number of carbonyl (C=O) groups is 3. The predicted molar refractivity (Wildman–Crippen MR) is 101 cm³/mol. The first-order valence-electron chi connectivity index (χ1n) is 8.90. The van der Waals surface area contributed by atoms with Crippen LogP contribution in [0.2, 0.25) is 0 Å². The molecule has 1 aromatic carbocycles. The van der Waals surface area contributed by atoms with Crippen LogP contribution in [-0.2, 0) is 19.1 Å². The van der Waals surface area contributed by atoms with Crippen LogP contribution in [0.3, 0.4) is 0 Å². The first-order valence-corrected chi connectivity index (χ1v) is 8.90. The number of carboxylic acid groups (broad SMARTS) is 2. The van der Waals surface area contributed by atoms with Gasteiger partial charge in [-0.2, -0.15) is 0 Å². The third-order valence-electron chi connectivity index (χ3n) is 3.99. The Morgan fingerprint density at radius 2 is 1.81 bits per heavy atom. The fraction of sp³-hybridized carbons (Fsp3) is 0.450. The summed E-state index contributed by atoms with van der Waals surface area (Å²) in [5, 5.41) is 14.8. The topological polar surface area (TPSA) is 104 Å². The molecule has 7 heteroatoms. The smallest absolute Gasteiger partial charge is 0.414 e. The Bertz CT molecular complexity index is 644. The maximum Gasteiger partial charge on any atom is 0.414 e. The summed E-state index contributed by atoms with van der Waals surface area (Å²) in [4.78, 5) is 32.4. The molecule has 0 bridgehead atoms. The second-order valence-electron chi connectivity index (χ2n) is 6.34. The van der Waals surface area contributed by atoms with Crippen molar-refractivity contribution in [1.29, 1.82) is 0 Å². The van der Waals surface area contributed by atoms with E-state index in [1.807, 2.05) is 13.0 Å². The van der Waals surface area contributed by atoms with Crippen LogP contribution >= 0.6 is 0 Å². The summed E-state index contributed by atoms with van der Waals surface area (Å²) in [7, 11) is 0. The van der Waals surface area contributed by atoms with E-state index in [1.165, 1.54) is 11.1 Å². The molecule has 0 saturated carbocycles. The number of hydrogen-bond donors (Lipinski definition) is 2. The third-order valence-corrected chi connectivity index (χ3v) is 3.99. The molecule has 7 nitrogen and oxygen atoms in total. The van der Waals surface area contributed by atoms with Crippen molar-refractivity contribution in [2.75, 3.05) is 26.2 Å². The summed E-state index contributed by atoms with van der Waals surface area (Å²) < 4.78 is 5.15. The number of hydrogen-bond acceptors (Lipinski definition) is 5. The summed E-state index contributed by atoms with van der Waals surface area (Å²) in [5.41, 5.74) is 2.56. The highest BCUT2D eigenvalue weighted by atomic mass is 16.5. The van der Waals surface area contributed by atoms with Gasteiger partial charge in [-0.25, -0.2) is 9.59 Å². The minimum Gasteiger partial charge on any atom is -0.473 e. The molecule has 1 atom stereocenters. The molecule has 2 rings (SSSR count). The first-order chi connectivity index (χ1) is 12.8. The zero-order valence-corrected chi connectivity index (χ0v) is 15.8. The Morgan fingerprint density at radius 3 is 2.37 bits per heavy atom. The number of aliphatic carboxylic acids is 2. The summed E-state index contributed by atoms with van der Waals surface area (Å²) in [5.74, 6) is -3.64. The van der Waals surface area contributed by atoms with E-state index < -0.39 is 11.9 Å². The third kappa shape index (κ3) is 9.01. The lowest BCUT2D eigenvalue weighted by Gasteiger charge is -2.31. The highest BCUT2D eigenvalue weighted by molar-refractivity contribution is 6.27. The van der Waals surface area contributed by atoms with Crippen molar-refractivity contribution in [3.8, 4) is 0 Å². The van der Waals surface area contributed by atoms with E-state index in [-0.39, 0.29) is 11.9 Å². The van der Waals surface area contributed by atoms with Gasteiger partial charge in [0.25, 0.3) is 0 Å². The van der Waals surface area contributed by atoms with E-state index in [0.717, 1.165) is 32.5 Å². The van der Waals surface area contributed by atoms with Crippen LogP contribution in [0.5, 0.6) is 0 Å². The molecule has 1 unspecified atom stereocenters. The fourth-order valence-corrected chi connectivity index (χ4v) is 2.88. The Morgan fingerprint density at radius 1 is 1.19 bits per heavy atom. The van der Waals surface area contributed by atoms with E-state index in [2.05, 4.69) is 42.2 Å². The highest BCUT2D eigenvalue weighted by Gasteiger charge is 2.26. The van der Waals surface area contributed by atoms with E-state index in [9.17, 15) is 4.79 Å². The van der Waals surface area contributed by atoms with Crippen LogP contribution in [-0.4, -0.2) is 59.3 Å². The van der Waals surface area contributed by atoms with Crippen molar-refractivity contribution < 1.29 is 29.3 Å².